The molecule has 0 bridgehead atoms. The van der Waals surface area contributed by atoms with Gasteiger partial charge in [-0.15, -0.1) is 0 Å². The van der Waals surface area contributed by atoms with Crippen LogP contribution < -0.4 is 0 Å². The Hall–Kier alpha value is -18.3. The second kappa shape index (κ2) is 33.4. The van der Waals surface area contributed by atoms with E-state index in [4.69, 9.17) is 13.3 Å². The van der Waals surface area contributed by atoms with Crippen molar-refractivity contribution in [3.05, 3.63) is 510 Å². The lowest BCUT2D eigenvalue weighted by atomic mass is 9.84. The van der Waals surface area contributed by atoms with Gasteiger partial charge in [0.25, 0.3) is 0 Å². The molecular formula is C136H84O3. The molecule has 0 saturated heterocycles. The van der Waals surface area contributed by atoms with Crippen molar-refractivity contribution in [2.45, 2.75) is 0 Å². The quantitative estimate of drug-likeness (QED) is 0.128. The summed E-state index contributed by atoms with van der Waals surface area (Å²) in [6, 6.07) is 184. The first-order valence-corrected chi connectivity index (χ1v) is 47.8. The topological polar surface area (TPSA) is 39.4 Å². The first-order valence-electron chi connectivity index (χ1n) is 47.8. The summed E-state index contributed by atoms with van der Waals surface area (Å²) in [5.74, 6) is 0. The highest BCUT2D eigenvalue weighted by atomic mass is 16.3. The van der Waals surface area contributed by atoms with Crippen molar-refractivity contribution >= 4 is 174 Å². The molecule has 0 fully saturated rings. The molecule has 26 aromatic carbocycles. The van der Waals surface area contributed by atoms with Crippen LogP contribution in [0, 0.1) is 0 Å². The maximum absolute atomic E-state index is 6.32. The summed E-state index contributed by atoms with van der Waals surface area (Å²) in [6.45, 7) is 0. The molecule has 0 aliphatic rings. The lowest BCUT2D eigenvalue weighted by Gasteiger charge is -2.19. The van der Waals surface area contributed by atoms with Gasteiger partial charge in [-0.3, -0.25) is 0 Å². The molecule has 0 unspecified atom stereocenters. The SMILES string of the molecule is c1cc(-c2ccc3oc4cc5ccccc5cc4c3c2)cc(-c2c3ccccc3c(-c3cccc4ccccc34)c3ccccc23)c1.c1ccc(-c2c3ccccc3c(-c3ccc(-c4ccc5oc6cc7ccccc7cc6c5c4)cc3)c3ccccc23)cc1.c1ccc(-c2ccc(-c3c4ccccc4c(-c4ccc(-c5ccc6oc7cc8ccccc8cc7c6c5)cc4)c4ccccc34)cc2)cc1. The molecule has 3 heterocycles. The summed E-state index contributed by atoms with van der Waals surface area (Å²) < 4.78 is 18.8. The molecule has 3 aromatic heterocycles. The van der Waals surface area contributed by atoms with Crippen molar-refractivity contribution in [2.75, 3.05) is 0 Å². The van der Waals surface area contributed by atoms with Gasteiger partial charge in [-0.05, 0) is 298 Å². The Labute approximate surface area is 801 Å². The van der Waals surface area contributed by atoms with Crippen LogP contribution in [0.15, 0.2) is 523 Å². The number of benzene rings is 26. The minimum Gasteiger partial charge on any atom is -0.456 e. The Morgan fingerprint density at radius 3 is 0.640 bits per heavy atom. The van der Waals surface area contributed by atoms with Gasteiger partial charge in [0.15, 0.2) is 0 Å². The second-order valence-corrected chi connectivity index (χ2v) is 36.6. The van der Waals surface area contributed by atoms with Gasteiger partial charge in [-0.1, -0.05) is 431 Å². The molecule has 29 rings (SSSR count). The zero-order valence-electron chi connectivity index (χ0n) is 75.7. The van der Waals surface area contributed by atoms with Crippen LogP contribution >= 0.6 is 0 Å². The van der Waals surface area contributed by atoms with Gasteiger partial charge < -0.3 is 13.3 Å². The molecule has 139 heavy (non-hydrogen) atoms. The second-order valence-electron chi connectivity index (χ2n) is 36.6. The van der Waals surface area contributed by atoms with Gasteiger partial charge in [0.2, 0.25) is 0 Å². The highest BCUT2D eigenvalue weighted by Gasteiger charge is 2.24. The maximum atomic E-state index is 6.32. The predicted molar refractivity (Wildman–Crippen MR) is 591 cm³/mol. The summed E-state index contributed by atoms with van der Waals surface area (Å²) in [7, 11) is 0. The van der Waals surface area contributed by atoms with E-state index in [-0.39, 0.29) is 0 Å². The highest BCUT2D eigenvalue weighted by molar-refractivity contribution is 6.27. The normalized spacial score (nSPS) is 11.7. The molecule has 646 valence electrons. The average molecular weight is 1770 g/mol. The van der Waals surface area contributed by atoms with Crippen molar-refractivity contribution in [3.8, 4) is 111 Å². The number of furan rings is 3. The van der Waals surface area contributed by atoms with Crippen molar-refractivity contribution in [3.63, 3.8) is 0 Å². The first-order chi connectivity index (χ1) is 68.9. The Bertz CT molecular complexity index is 9820. The third-order valence-electron chi connectivity index (χ3n) is 28.7. The molecular weight excluding hydrogens is 1680 g/mol. The van der Waals surface area contributed by atoms with E-state index in [0.717, 1.165) is 65.8 Å². The number of rotatable bonds is 10. The molecule has 0 aliphatic heterocycles. The van der Waals surface area contributed by atoms with Crippen LogP contribution in [0.5, 0.6) is 0 Å². The smallest absolute Gasteiger partial charge is 0.136 e. The third-order valence-corrected chi connectivity index (χ3v) is 28.7. The van der Waals surface area contributed by atoms with Crippen molar-refractivity contribution in [1.29, 1.82) is 0 Å². The van der Waals surface area contributed by atoms with E-state index in [0.29, 0.717) is 0 Å². The highest BCUT2D eigenvalue weighted by Crippen LogP contribution is 2.51. The Morgan fingerprint density at radius 1 is 0.0935 bits per heavy atom. The van der Waals surface area contributed by atoms with E-state index in [1.807, 2.05) is 0 Å². The molecule has 0 N–H and O–H groups in total. The van der Waals surface area contributed by atoms with Gasteiger partial charge in [-0.2, -0.15) is 0 Å². The third kappa shape index (κ3) is 14.0. The molecule has 0 amide bonds. The summed E-state index contributed by atoms with van der Waals surface area (Å²) in [5.41, 5.74) is 30.1. The van der Waals surface area contributed by atoms with Gasteiger partial charge in [0, 0.05) is 32.3 Å². The van der Waals surface area contributed by atoms with E-state index in [1.54, 1.807) is 0 Å². The molecule has 0 saturated carbocycles. The summed E-state index contributed by atoms with van der Waals surface area (Å²) in [4.78, 5) is 0. The Kier molecular flexibility index (Phi) is 19.3. The molecule has 0 spiro atoms. The number of hydrogen-bond donors (Lipinski definition) is 0. The molecule has 3 heteroatoms. The van der Waals surface area contributed by atoms with Crippen LogP contribution in [-0.2, 0) is 0 Å². The van der Waals surface area contributed by atoms with Crippen LogP contribution in [0.3, 0.4) is 0 Å². The van der Waals surface area contributed by atoms with Crippen molar-refractivity contribution < 1.29 is 13.3 Å². The fourth-order valence-electron chi connectivity index (χ4n) is 22.2. The largest absolute Gasteiger partial charge is 0.456 e. The summed E-state index contributed by atoms with van der Waals surface area (Å²) in [6.07, 6.45) is 0. The molecule has 29 aromatic rings. The van der Waals surface area contributed by atoms with E-state index < -0.39 is 0 Å². The van der Waals surface area contributed by atoms with E-state index >= 15 is 0 Å². The van der Waals surface area contributed by atoms with Gasteiger partial charge in [0.05, 0.1) is 0 Å². The van der Waals surface area contributed by atoms with Gasteiger partial charge >= 0.3 is 0 Å². The van der Waals surface area contributed by atoms with Gasteiger partial charge in [-0.25, -0.2) is 0 Å². The minimum absolute atomic E-state index is 0.913. The van der Waals surface area contributed by atoms with Crippen LogP contribution in [0.2, 0.25) is 0 Å². The Morgan fingerprint density at radius 2 is 0.295 bits per heavy atom. The molecule has 0 radical (unpaired) electrons. The molecule has 0 aliphatic carbocycles. The monoisotopic (exact) mass is 1760 g/mol. The summed E-state index contributed by atoms with van der Waals surface area (Å²) in [5, 5.41) is 31.9. The first kappa shape index (κ1) is 80.4. The molecule has 0 atom stereocenters. The van der Waals surface area contributed by atoms with Crippen LogP contribution in [0.1, 0.15) is 0 Å². The Balaban J connectivity index is 0.000000105. The number of hydrogen-bond acceptors (Lipinski definition) is 3. The maximum Gasteiger partial charge on any atom is 0.136 e. The lowest BCUT2D eigenvalue weighted by molar-refractivity contribution is 0.669. The average Bonchev–Trinajstić information content (AvgIpc) is 1.61. The fraction of sp³-hybridized carbons (Fsp3) is 0. The summed E-state index contributed by atoms with van der Waals surface area (Å²) >= 11 is 0. The minimum atomic E-state index is 0.913. The van der Waals surface area contributed by atoms with E-state index in [9.17, 15) is 0 Å². The van der Waals surface area contributed by atoms with Crippen LogP contribution in [-0.4, -0.2) is 0 Å². The number of fused-ring (bicyclic) bond motifs is 19. The van der Waals surface area contributed by atoms with E-state index in [1.165, 1.54) is 219 Å². The standard InChI is InChI=1S/C48H30O.C46H28O.C42H26O/c1-2-10-31(11-3-1)32-18-22-34(23-19-32)47-39-14-6-8-16-41(39)48(42-17-9-7-15-40(42)47)35-24-20-33(21-25-35)38-26-27-45-43(29-38)44-28-36-12-4-5-13-37(36)30-46(44)49-45;1-2-13-32-28-44-42(26-31(32)12-1)41-27-33(23-24-43(41)47-44)30-15-9-16-34(25-30)45-37-18-5-7-20-39(37)46(40-21-8-6-19-38(40)45)36-22-10-14-29-11-3-4-17-35(29)36;1-2-10-28(11-3-1)41-33-14-6-8-16-35(33)42(36-17-9-7-15-34(36)41)29-20-18-27(19-21-29)32-22-23-39-37(25-32)38-24-30-12-4-5-13-31(30)26-40(38)43-39/h1-30H;1-28H;1-26H. The van der Waals surface area contributed by atoms with Gasteiger partial charge in [0.1, 0.15) is 33.5 Å². The van der Waals surface area contributed by atoms with Crippen molar-refractivity contribution in [2.24, 2.45) is 0 Å². The van der Waals surface area contributed by atoms with E-state index in [2.05, 4.69) is 510 Å². The fourth-order valence-corrected chi connectivity index (χ4v) is 22.2. The predicted octanol–water partition coefficient (Wildman–Crippen LogP) is 39.0. The van der Waals surface area contributed by atoms with Crippen LogP contribution in [0.4, 0.5) is 0 Å². The zero-order valence-corrected chi connectivity index (χ0v) is 75.7. The lowest BCUT2D eigenvalue weighted by Crippen LogP contribution is -1.92. The van der Waals surface area contributed by atoms with Crippen molar-refractivity contribution in [1.82, 2.24) is 0 Å². The van der Waals surface area contributed by atoms with Crippen LogP contribution in [0.25, 0.3) is 285 Å². The zero-order chi connectivity index (χ0) is 91.5. The molecule has 3 nitrogen and oxygen atoms in total.